The summed E-state index contributed by atoms with van der Waals surface area (Å²) >= 11 is 0. The van der Waals surface area contributed by atoms with Gasteiger partial charge in [0.1, 0.15) is 11.7 Å². The first-order valence-electron chi connectivity index (χ1n) is 13.0. The van der Waals surface area contributed by atoms with Crippen LogP contribution in [0.15, 0.2) is 30.3 Å². The molecule has 200 valence electrons. The summed E-state index contributed by atoms with van der Waals surface area (Å²) in [5.41, 5.74) is -1.21. The van der Waals surface area contributed by atoms with Crippen molar-refractivity contribution in [3.05, 3.63) is 57.6 Å². The quantitative estimate of drug-likeness (QED) is 0.331. The van der Waals surface area contributed by atoms with E-state index in [1.807, 2.05) is 0 Å². The molecule has 0 aliphatic carbocycles. The molecule has 4 rings (SSSR count). The van der Waals surface area contributed by atoms with Crippen molar-refractivity contribution in [2.45, 2.75) is 57.9 Å². The Labute approximate surface area is 215 Å². The second-order valence-corrected chi connectivity index (χ2v) is 9.92. The van der Waals surface area contributed by atoms with Crippen molar-refractivity contribution < 1.29 is 23.6 Å². The number of halogens is 2. The number of nitro benzene ring substituents is 1. The van der Waals surface area contributed by atoms with E-state index in [0.29, 0.717) is 37.7 Å². The summed E-state index contributed by atoms with van der Waals surface area (Å²) < 4.78 is 32.3. The van der Waals surface area contributed by atoms with Crippen LogP contribution in [0.3, 0.4) is 0 Å². The molecule has 2 aromatic rings. The lowest BCUT2D eigenvalue weighted by atomic mass is 9.93. The Kier molecular flexibility index (Phi) is 8.45. The summed E-state index contributed by atoms with van der Waals surface area (Å²) in [5, 5.41) is 24.8. The van der Waals surface area contributed by atoms with Gasteiger partial charge in [0.2, 0.25) is 0 Å². The number of rotatable bonds is 9. The van der Waals surface area contributed by atoms with E-state index in [9.17, 15) is 20.0 Å². The molecular weight excluding hydrogens is 482 g/mol. The molecule has 2 saturated heterocycles. The number of anilines is 3. The molecule has 0 unspecified atom stereocenters. The maximum absolute atomic E-state index is 16.2. The zero-order chi connectivity index (χ0) is 26.5. The highest BCUT2D eigenvalue weighted by Gasteiger charge is 2.39. The first-order valence-corrected chi connectivity index (χ1v) is 13.0. The smallest absolute Gasteiger partial charge is 0.326 e. The van der Waals surface area contributed by atoms with Crippen molar-refractivity contribution in [1.82, 2.24) is 0 Å². The molecule has 2 aromatic carbocycles. The SMILES string of the molecule is CCC1CCN(c2c(F)c(N[C@@H](Cc3ccccc3)C(=O)O)c([N+](=O)[O-])c(N3CCCCC3)c2F)CC1. The summed E-state index contributed by atoms with van der Waals surface area (Å²) in [7, 11) is 0. The van der Waals surface area contributed by atoms with Gasteiger partial charge in [-0.3, -0.25) is 10.1 Å². The Morgan fingerprint density at radius 3 is 2.24 bits per heavy atom. The van der Waals surface area contributed by atoms with E-state index in [-0.39, 0.29) is 17.8 Å². The second kappa shape index (κ2) is 11.7. The van der Waals surface area contributed by atoms with E-state index in [4.69, 9.17) is 0 Å². The highest BCUT2D eigenvalue weighted by molar-refractivity contribution is 5.87. The van der Waals surface area contributed by atoms with Gasteiger partial charge in [-0.2, -0.15) is 0 Å². The van der Waals surface area contributed by atoms with Crippen molar-refractivity contribution in [3.63, 3.8) is 0 Å². The molecule has 0 amide bonds. The number of hydrogen-bond donors (Lipinski definition) is 2. The summed E-state index contributed by atoms with van der Waals surface area (Å²) in [6.45, 7) is 3.76. The Bertz CT molecular complexity index is 1120. The second-order valence-electron chi connectivity index (χ2n) is 9.92. The number of aliphatic carboxylic acids is 1. The number of carboxylic acids is 1. The fraction of sp³-hybridized carbons (Fsp3) is 0.519. The fourth-order valence-electron chi connectivity index (χ4n) is 5.44. The molecule has 37 heavy (non-hydrogen) atoms. The van der Waals surface area contributed by atoms with Gasteiger partial charge in [0.15, 0.2) is 23.0 Å². The van der Waals surface area contributed by atoms with Gasteiger partial charge in [0.05, 0.1) is 4.92 Å². The van der Waals surface area contributed by atoms with Gasteiger partial charge < -0.3 is 20.2 Å². The zero-order valence-corrected chi connectivity index (χ0v) is 21.1. The van der Waals surface area contributed by atoms with Gasteiger partial charge in [-0.1, -0.05) is 43.7 Å². The lowest BCUT2D eigenvalue weighted by Gasteiger charge is -2.36. The number of nitrogens with one attached hydrogen (secondary N) is 1. The number of nitro groups is 1. The third-order valence-corrected chi connectivity index (χ3v) is 7.57. The van der Waals surface area contributed by atoms with Crippen molar-refractivity contribution in [2.75, 3.05) is 41.3 Å². The standard InChI is InChI=1S/C27H34F2N4O4/c1-2-18-11-15-32(16-12-18)24-21(28)23(30-20(27(34)35)17-19-9-5-3-6-10-19)26(33(36)37)25(22(24)29)31-13-7-4-8-14-31/h3,5-6,9-10,18,20,30H,2,4,7-8,11-17H2,1H3,(H,34,35)/t20-/m0/s1. The normalized spacial score (nSPS) is 17.5. The number of carboxylic acid groups (broad SMARTS) is 1. The highest BCUT2D eigenvalue weighted by Crippen LogP contribution is 2.47. The van der Waals surface area contributed by atoms with Gasteiger partial charge in [-0.25, -0.2) is 13.6 Å². The van der Waals surface area contributed by atoms with Crippen LogP contribution >= 0.6 is 0 Å². The summed E-state index contributed by atoms with van der Waals surface area (Å²) in [5.74, 6) is -2.88. The minimum Gasteiger partial charge on any atom is -0.480 e. The van der Waals surface area contributed by atoms with Crippen molar-refractivity contribution >= 4 is 28.7 Å². The van der Waals surface area contributed by atoms with E-state index in [1.54, 1.807) is 40.1 Å². The van der Waals surface area contributed by atoms with Crippen LogP contribution in [-0.2, 0) is 11.2 Å². The number of nitrogens with zero attached hydrogens (tertiary/aromatic N) is 3. The molecule has 0 spiro atoms. The van der Waals surface area contributed by atoms with Crippen molar-refractivity contribution in [3.8, 4) is 0 Å². The minimum absolute atomic E-state index is 0.0274. The lowest BCUT2D eigenvalue weighted by molar-refractivity contribution is -0.383. The Morgan fingerprint density at radius 1 is 1.05 bits per heavy atom. The molecule has 1 atom stereocenters. The monoisotopic (exact) mass is 516 g/mol. The van der Waals surface area contributed by atoms with Crippen LogP contribution in [0.1, 0.15) is 51.0 Å². The van der Waals surface area contributed by atoms with Crippen LogP contribution in [0.5, 0.6) is 0 Å². The predicted octanol–water partition coefficient (Wildman–Crippen LogP) is 5.60. The van der Waals surface area contributed by atoms with E-state index < -0.39 is 39.9 Å². The molecule has 2 aliphatic rings. The van der Waals surface area contributed by atoms with Crippen LogP contribution in [0, 0.1) is 27.7 Å². The first-order chi connectivity index (χ1) is 17.8. The van der Waals surface area contributed by atoms with Gasteiger partial charge in [0, 0.05) is 32.6 Å². The summed E-state index contributed by atoms with van der Waals surface area (Å²) in [6.07, 6.45) is 4.87. The predicted molar refractivity (Wildman–Crippen MR) is 139 cm³/mol. The summed E-state index contributed by atoms with van der Waals surface area (Å²) in [4.78, 5) is 26.9. The lowest BCUT2D eigenvalue weighted by Crippen LogP contribution is -2.37. The van der Waals surface area contributed by atoms with Crippen LogP contribution < -0.4 is 15.1 Å². The average molecular weight is 517 g/mol. The molecule has 0 radical (unpaired) electrons. The zero-order valence-electron chi connectivity index (χ0n) is 21.1. The number of hydrogen-bond acceptors (Lipinski definition) is 6. The molecule has 0 bridgehead atoms. The van der Waals surface area contributed by atoms with Gasteiger partial charge in [0.25, 0.3) is 0 Å². The van der Waals surface area contributed by atoms with Crippen molar-refractivity contribution in [1.29, 1.82) is 0 Å². The molecule has 2 heterocycles. The fourth-order valence-corrected chi connectivity index (χ4v) is 5.44. The molecule has 2 fully saturated rings. The molecule has 0 saturated carbocycles. The van der Waals surface area contributed by atoms with Crippen LogP contribution in [0.4, 0.5) is 31.5 Å². The van der Waals surface area contributed by atoms with Gasteiger partial charge in [-0.05, 0) is 43.6 Å². The topological polar surface area (TPSA) is 99.0 Å². The minimum atomic E-state index is -1.35. The third-order valence-electron chi connectivity index (χ3n) is 7.57. The van der Waals surface area contributed by atoms with Gasteiger partial charge in [-0.15, -0.1) is 0 Å². The maximum atomic E-state index is 16.2. The van der Waals surface area contributed by atoms with Crippen LogP contribution in [0.2, 0.25) is 0 Å². The number of benzene rings is 2. The van der Waals surface area contributed by atoms with E-state index in [2.05, 4.69) is 12.2 Å². The van der Waals surface area contributed by atoms with E-state index in [1.165, 1.54) is 0 Å². The molecule has 0 aromatic heterocycles. The summed E-state index contributed by atoms with van der Waals surface area (Å²) in [6, 6.07) is 7.40. The Balaban J connectivity index is 1.84. The maximum Gasteiger partial charge on any atom is 0.326 e. The Hall–Kier alpha value is -3.43. The first kappa shape index (κ1) is 26.6. The Morgan fingerprint density at radius 2 is 1.68 bits per heavy atom. The highest BCUT2D eigenvalue weighted by atomic mass is 19.1. The molecule has 8 nitrogen and oxygen atoms in total. The van der Waals surface area contributed by atoms with Crippen LogP contribution in [0.25, 0.3) is 0 Å². The van der Waals surface area contributed by atoms with E-state index in [0.717, 1.165) is 38.5 Å². The molecule has 2 N–H and O–H groups in total. The molecular formula is C27H34F2N4O4. The van der Waals surface area contributed by atoms with Crippen molar-refractivity contribution in [2.24, 2.45) is 5.92 Å². The number of piperidine rings is 2. The van der Waals surface area contributed by atoms with Gasteiger partial charge >= 0.3 is 11.7 Å². The molecule has 2 aliphatic heterocycles. The largest absolute Gasteiger partial charge is 0.480 e. The number of carbonyl (C=O) groups is 1. The average Bonchev–Trinajstić information content (AvgIpc) is 2.90. The van der Waals surface area contributed by atoms with Crippen LogP contribution in [-0.4, -0.2) is 48.2 Å². The van der Waals surface area contributed by atoms with E-state index >= 15 is 8.78 Å². The molecule has 10 heteroatoms. The third kappa shape index (κ3) is 5.78.